The summed E-state index contributed by atoms with van der Waals surface area (Å²) in [4.78, 5) is 57.3. The average Bonchev–Trinajstić information content (AvgIpc) is 1.51. The number of aliphatic imine (C=N–C) groups is 4. The van der Waals surface area contributed by atoms with Gasteiger partial charge in [0.05, 0.1) is 43.4 Å². The van der Waals surface area contributed by atoms with E-state index in [9.17, 15) is 53.6 Å². The standard InChI is InChI=1S/C60H76N10O14S3Si3/c1-88(2,41-21-33-61-51(71)31-13-14-32-52(72)73)83-90(84-89(3,4)42-22-37-70(34-15-18-38-85(74,75)76,35-16-19-39-86(77,78)79)36-17-20-40-87(80,81)82)68-57-47-27-9-10-28-48(47)59(68)66-55-45-25-7-8-26-46(45)56(63-55)67-60-50-30-12-11-29-49(50)58(69(60)90)65-54-44-24-6-5-23-43(44)53(62-54)64-57/h5-12,23-30H,13-22,31-42H2,1-4H3,(H4-,61,71,72,73,74,75,76,77,78,79,80,81,82)/p+1. The van der Waals surface area contributed by atoms with E-state index < -0.39 is 79.1 Å². The summed E-state index contributed by atoms with van der Waals surface area (Å²) in [6, 6.07) is 32.4. The van der Waals surface area contributed by atoms with Crippen LogP contribution in [0.4, 0.5) is 11.6 Å². The summed E-state index contributed by atoms with van der Waals surface area (Å²) in [7, 11) is -24.2. The van der Waals surface area contributed by atoms with Crippen molar-refractivity contribution in [1.82, 2.24) is 13.8 Å². The van der Waals surface area contributed by atoms with Gasteiger partial charge in [0.15, 0.2) is 40.0 Å². The highest BCUT2D eigenvalue weighted by Crippen LogP contribution is 2.45. The first-order chi connectivity index (χ1) is 42.6. The van der Waals surface area contributed by atoms with Gasteiger partial charge in [0.25, 0.3) is 30.4 Å². The van der Waals surface area contributed by atoms with Crippen LogP contribution in [0.3, 0.4) is 0 Å². The van der Waals surface area contributed by atoms with Crippen molar-refractivity contribution in [2.24, 2.45) is 30.0 Å². The molecule has 1 amide bonds. The van der Waals surface area contributed by atoms with Gasteiger partial charge in [-0.25, -0.2) is 30.0 Å². The number of benzene rings is 4. The Labute approximate surface area is 526 Å². The van der Waals surface area contributed by atoms with Crippen molar-refractivity contribution >= 4 is 124 Å². The quantitative estimate of drug-likeness (QED) is 0.0115. The molecule has 30 heteroatoms. The number of unbranched alkanes of at least 4 members (excludes halogenated alkanes) is 4. The zero-order valence-electron chi connectivity index (χ0n) is 50.9. The Kier molecular flexibility index (Phi) is 19.9. The van der Waals surface area contributed by atoms with Gasteiger partial charge < -0.3 is 23.1 Å². The number of hydrogen-bond acceptors (Lipinski definition) is 16. The predicted molar refractivity (Wildman–Crippen MR) is 353 cm³/mol. The summed E-state index contributed by atoms with van der Waals surface area (Å²) < 4.78 is 122. The molecule has 6 heterocycles. The second-order valence-corrected chi connectivity index (χ2v) is 41.1. The van der Waals surface area contributed by atoms with Crippen LogP contribution in [-0.4, -0.2) is 168 Å². The normalized spacial score (nSPS) is 16.3. The first-order valence-corrected chi connectivity index (χ1v) is 43.2. The Balaban J connectivity index is 1.18. The molecule has 5 N–H and O–H groups in total. The monoisotopic (exact) mass is 1340 g/mol. The van der Waals surface area contributed by atoms with Gasteiger partial charge >= 0.3 is 14.9 Å². The molecule has 10 rings (SSSR count). The molecule has 0 fully saturated rings. The van der Waals surface area contributed by atoms with Crippen LogP contribution in [-0.2, 0) is 48.2 Å². The fourth-order valence-corrected chi connectivity index (χ4v) is 26.8. The number of amides is 1. The second kappa shape index (κ2) is 26.9. The van der Waals surface area contributed by atoms with Gasteiger partial charge in [0.1, 0.15) is 22.6 Å². The number of quaternary nitrogens is 1. The maximum absolute atomic E-state index is 13.2. The van der Waals surface area contributed by atoms with Gasteiger partial charge in [-0.15, -0.1) is 0 Å². The van der Waals surface area contributed by atoms with Gasteiger partial charge in [-0.1, -0.05) is 97.1 Å². The molecule has 4 aliphatic rings. The van der Waals surface area contributed by atoms with E-state index in [0.29, 0.717) is 140 Å². The first kappa shape index (κ1) is 66.4. The fourth-order valence-electron chi connectivity index (χ4n) is 12.6. The summed E-state index contributed by atoms with van der Waals surface area (Å²) in [6.45, 7) is 10.4. The van der Waals surface area contributed by atoms with Crippen LogP contribution in [0.5, 0.6) is 0 Å². The van der Waals surface area contributed by atoms with Crippen molar-refractivity contribution in [3.05, 3.63) is 130 Å². The first-order valence-electron chi connectivity index (χ1n) is 30.5. The Morgan fingerprint density at radius 3 is 1.26 bits per heavy atom. The summed E-state index contributed by atoms with van der Waals surface area (Å²) in [5, 5.41) is 15.1. The molecule has 0 aliphatic carbocycles. The highest BCUT2D eigenvalue weighted by Gasteiger charge is 2.58. The van der Waals surface area contributed by atoms with Crippen LogP contribution >= 0.6 is 0 Å². The zero-order valence-corrected chi connectivity index (χ0v) is 56.4. The van der Waals surface area contributed by atoms with Crippen molar-refractivity contribution in [3.63, 3.8) is 0 Å². The van der Waals surface area contributed by atoms with Gasteiger partial charge in [-0.2, -0.15) is 25.3 Å². The molecule has 2 aromatic heterocycles. The third kappa shape index (κ3) is 15.7. The molecule has 0 saturated heterocycles. The van der Waals surface area contributed by atoms with E-state index in [0.717, 1.165) is 43.8 Å². The molecule has 1 atom stereocenters. The molecule has 0 saturated carbocycles. The van der Waals surface area contributed by atoms with Crippen molar-refractivity contribution in [1.29, 1.82) is 0 Å². The zero-order chi connectivity index (χ0) is 64.3. The molecule has 6 aromatic rings. The van der Waals surface area contributed by atoms with Crippen LogP contribution in [0.15, 0.2) is 127 Å². The van der Waals surface area contributed by atoms with Gasteiger partial charge in [-0.3, -0.25) is 31.7 Å². The molecule has 6 bridgehead atoms. The Morgan fingerprint density at radius 2 is 0.844 bits per heavy atom. The minimum atomic E-state index is -4.76. The summed E-state index contributed by atoms with van der Waals surface area (Å²) in [6.07, 6.45) is 3.38. The van der Waals surface area contributed by atoms with Gasteiger partial charge in [0.2, 0.25) is 5.91 Å². The van der Waals surface area contributed by atoms with Crippen LogP contribution in [0.2, 0.25) is 38.3 Å². The SMILES string of the molecule is C[Si](C)(CCCNC(=O)CCCCC(=O)O)O[Si]1(O[Si](C)(C)CCC[N+](CCCCS(=O)(=O)O)(CCCCS(=O)(=O)O)CCCCS(=O)(=O)O)n2c3c4ccccc4c2N=C2N=C(N=c4c5ccccc5c(n41)=NC1=NC(=N3)c3ccccc31)c1ccccc12. The maximum atomic E-state index is 13.2. The second-order valence-electron chi connectivity index (χ2n) is 24.8. The lowest BCUT2D eigenvalue weighted by Crippen LogP contribution is -2.70. The number of amidine groups is 4. The van der Waals surface area contributed by atoms with Gasteiger partial charge in [0, 0.05) is 63.2 Å². The predicted octanol–water partition coefficient (Wildman–Crippen LogP) is 8.18. The smallest absolute Gasteiger partial charge is 0.481 e. The lowest BCUT2D eigenvalue weighted by molar-refractivity contribution is -0.928. The number of aromatic nitrogens is 2. The molecule has 90 heavy (non-hydrogen) atoms. The van der Waals surface area contributed by atoms with E-state index in [-0.39, 0.29) is 38.0 Å². The molecular weight excluding hydrogens is 1270 g/mol. The summed E-state index contributed by atoms with van der Waals surface area (Å²) in [5.74, 6) is 0.0364. The highest BCUT2D eigenvalue weighted by atomic mass is 32.2. The molecule has 0 spiro atoms. The van der Waals surface area contributed by atoms with Crippen LogP contribution < -0.4 is 16.3 Å². The van der Waals surface area contributed by atoms with Crippen LogP contribution in [0.1, 0.15) is 99.3 Å². The summed E-state index contributed by atoms with van der Waals surface area (Å²) >= 11 is 0. The van der Waals surface area contributed by atoms with Gasteiger partial charge in [-0.05, 0) is 102 Å². The number of carboxylic acid groups (broad SMARTS) is 1. The van der Waals surface area contributed by atoms with E-state index in [1.807, 2.05) is 97.1 Å². The Hall–Kier alpha value is -6.56. The molecular formula is C60H77N10O14S3Si3+. The van der Waals surface area contributed by atoms with Crippen LogP contribution in [0.25, 0.3) is 21.5 Å². The van der Waals surface area contributed by atoms with E-state index in [4.69, 9.17) is 38.2 Å². The Morgan fingerprint density at radius 1 is 0.478 bits per heavy atom. The van der Waals surface area contributed by atoms with E-state index in [1.54, 1.807) is 0 Å². The maximum Gasteiger partial charge on any atom is 0.582 e. The van der Waals surface area contributed by atoms with Crippen molar-refractivity contribution in [3.8, 4) is 0 Å². The molecule has 480 valence electrons. The molecule has 4 aromatic carbocycles. The van der Waals surface area contributed by atoms with E-state index in [1.165, 1.54) is 0 Å². The van der Waals surface area contributed by atoms with Crippen molar-refractivity contribution < 1.29 is 66.3 Å². The minimum Gasteiger partial charge on any atom is -0.481 e. The third-order valence-electron chi connectivity index (χ3n) is 16.7. The number of hydrogen-bond donors (Lipinski definition) is 5. The lowest BCUT2D eigenvalue weighted by atomic mass is 10.1. The molecule has 4 aliphatic heterocycles. The number of nitrogens with zero attached hydrogens (tertiary/aromatic N) is 9. The average molecular weight is 1340 g/mol. The number of fused-ring (bicyclic) bond motifs is 14. The number of carbonyl (C=O) groups excluding carboxylic acids is 1. The number of nitrogens with one attached hydrogen (secondary N) is 1. The lowest BCUT2D eigenvalue weighted by Gasteiger charge is -2.44. The number of rotatable bonds is 32. The number of aliphatic carboxylic acids is 1. The van der Waals surface area contributed by atoms with E-state index >= 15 is 0 Å². The number of carboxylic acids is 1. The largest absolute Gasteiger partial charge is 0.582 e. The minimum absolute atomic E-state index is 0.0214. The highest BCUT2D eigenvalue weighted by molar-refractivity contribution is 7.86. The Bertz CT molecular complexity index is 4130. The molecule has 1 unspecified atom stereocenters. The fraction of sp³-hybridized carbons (Fsp3) is 0.433. The summed E-state index contributed by atoms with van der Waals surface area (Å²) in [5.41, 5.74) is 3.96. The van der Waals surface area contributed by atoms with E-state index in [2.05, 4.69) is 40.0 Å². The van der Waals surface area contributed by atoms with Crippen molar-refractivity contribution in [2.75, 3.05) is 50.0 Å². The molecule has 24 nitrogen and oxygen atoms in total. The molecule has 0 radical (unpaired) electrons. The third-order valence-corrected chi connectivity index (χ3v) is 30.8. The number of carbonyl (C=O) groups is 2. The van der Waals surface area contributed by atoms with Crippen LogP contribution in [0, 0.1) is 0 Å². The topological polar surface area (TPSA) is 332 Å². The van der Waals surface area contributed by atoms with Crippen molar-refractivity contribution in [2.45, 2.75) is 115 Å².